The third kappa shape index (κ3) is 4.07. The Hall–Kier alpha value is -2.22. The van der Waals surface area contributed by atoms with Gasteiger partial charge in [0.15, 0.2) is 5.82 Å². The van der Waals surface area contributed by atoms with Crippen LogP contribution in [-0.2, 0) is 7.05 Å². The maximum atomic E-state index is 12.2. The molecular formula is C17H26N6O2. The van der Waals surface area contributed by atoms with Crippen LogP contribution in [0.15, 0.2) is 16.9 Å². The first-order chi connectivity index (χ1) is 11.9. The predicted molar refractivity (Wildman–Crippen MR) is 92.1 cm³/mol. The summed E-state index contributed by atoms with van der Waals surface area (Å²) in [6.45, 7) is 7.97. The van der Waals surface area contributed by atoms with E-state index in [2.05, 4.69) is 46.2 Å². The number of amides is 1. The summed E-state index contributed by atoms with van der Waals surface area (Å²) < 4.78 is 7.04. The monoisotopic (exact) mass is 346 g/mol. The van der Waals surface area contributed by atoms with Gasteiger partial charge in [-0.2, -0.15) is 10.1 Å². The van der Waals surface area contributed by atoms with Gasteiger partial charge in [0, 0.05) is 38.3 Å². The molecule has 0 aromatic carbocycles. The van der Waals surface area contributed by atoms with Crippen LogP contribution in [0, 0.1) is 0 Å². The first-order valence-corrected chi connectivity index (χ1v) is 8.81. The molecule has 25 heavy (non-hydrogen) atoms. The highest BCUT2D eigenvalue weighted by Gasteiger charge is 2.28. The molecule has 8 heteroatoms. The lowest BCUT2D eigenvalue weighted by molar-refractivity contribution is 0.0881. The van der Waals surface area contributed by atoms with Crippen LogP contribution >= 0.6 is 0 Å². The molecule has 136 valence electrons. The molecule has 1 saturated heterocycles. The van der Waals surface area contributed by atoms with Gasteiger partial charge in [0.2, 0.25) is 5.89 Å². The largest absolute Gasteiger partial charge is 0.349 e. The third-order valence-electron chi connectivity index (χ3n) is 4.71. The molecule has 0 aliphatic carbocycles. The Bertz CT molecular complexity index is 714. The molecule has 1 aliphatic rings. The molecule has 1 amide bonds. The molecule has 1 fully saturated rings. The third-order valence-corrected chi connectivity index (χ3v) is 4.71. The van der Waals surface area contributed by atoms with Gasteiger partial charge >= 0.3 is 0 Å². The summed E-state index contributed by atoms with van der Waals surface area (Å²) in [4.78, 5) is 19.0. The molecule has 0 bridgehead atoms. The normalized spacial score (nSPS) is 17.8. The molecule has 0 radical (unpaired) electrons. The van der Waals surface area contributed by atoms with Crippen molar-refractivity contribution in [3.05, 3.63) is 29.7 Å². The summed E-state index contributed by atoms with van der Waals surface area (Å²) in [5, 5.41) is 11.2. The van der Waals surface area contributed by atoms with E-state index in [0.29, 0.717) is 11.5 Å². The van der Waals surface area contributed by atoms with Gasteiger partial charge in [-0.3, -0.25) is 14.4 Å². The van der Waals surface area contributed by atoms with E-state index in [1.54, 1.807) is 24.1 Å². The maximum absolute atomic E-state index is 12.2. The fourth-order valence-corrected chi connectivity index (χ4v) is 3.05. The van der Waals surface area contributed by atoms with Gasteiger partial charge in [-0.05, 0) is 19.8 Å². The minimum absolute atomic E-state index is 0.0573. The Labute approximate surface area is 147 Å². The zero-order chi connectivity index (χ0) is 18.0. The SMILES string of the molecule is CC(C)c1noc([C@@H](C)N2CCC(NC(=O)c3cnn(C)c3)CC2)n1. The molecule has 0 unspecified atom stereocenters. The van der Waals surface area contributed by atoms with E-state index in [1.165, 1.54) is 0 Å². The van der Waals surface area contributed by atoms with Crippen LogP contribution in [0.2, 0.25) is 0 Å². The molecule has 3 heterocycles. The lowest BCUT2D eigenvalue weighted by Gasteiger charge is -2.34. The second-order valence-corrected chi connectivity index (χ2v) is 7.01. The Kier molecular flexibility index (Phi) is 5.17. The van der Waals surface area contributed by atoms with Crippen molar-refractivity contribution in [1.29, 1.82) is 0 Å². The van der Waals surface area contributed by atoms with Crippen LogP contribution in [0.5, 0.6) is 0 Å². The first-order valence-electron chi connectivity index (χ1n) is 8.81. The van der Waals surface area contributed by atoms with Crippen molar-refractivity contribution < 1.29 is 9.32 Å². The predicted octanol–water partition coefficient (Wildman–Crippen LogP) is 1.88. The number of hydrogen-bond acceptors (Lipinski definition) is 6. The fourth-order valence-electron chi connectivity index (χ4n) is 3.05. The quantitative estimate of drug-likeness (QED) is 0.889. The molecule has 8 nitrogen and oxygen atoms in total. The minimum atomic E-state index is -0.0573. The van der Waals surface area contributed by atoms with Crippen LogP contribution in [0.1, 0.15) is 67.6 Å². The molecule has 1 N–H and O–H groups in total. The Morgan fingerprint density at radius 2 is 2.04 bits per heavy atom. The Morgan fingerprint density at radius 3 is 2.60 bits per heavy atom. The van der Waals surface area contributed by atoms with Crippen molar-refractivity contribution in [2.45, 2.75) is 51.6 Å². The van der Waals surface area contributed by atoms with Gasteiger partial charge < -0.3 is 9.84 Å². The molecular weight excluding hydrogens is 320 g/mol. The van der Waals surface area contributed by atoms with Crippen molar-refractivity contribution in [3.8, 4) is 0 Å². The van der Waals surface area contributed by atoms with E-state index in [1.807, 2.05) is 0 Å². The number of nitrogens with zero attached hydrogens (tertiary/aromatic N) is 5. The second kappa shape index (κ2) is 7.35. The highest BCUT2D eigenvalue weighted by Crippen LogP contribution is 2.24. The molecule has 2 aromatic heterocycles. The van der Waals surface area contributed by atoms with E-state index in [-0.39, 0.29) is 23.9 Å². The van der Waals surface area contributed by atoms with Crippen LogP contribution in [-0.4, -0.2) is 49.9 Å². The van der Waals surface area contributed by atoms with Gasteiger partial charge in [-0.1, -0.05) is 19.0 Å². The van der Waals surface area contributed by atoms with Crippen LogP contribution < -0.4 is 5.32 Å². The van der Waals surface area contributed by atoms with Gasteiger partial charge in [0.05, 0.1) is 17.8 Å². The number of likely N-dealkylation sites (tertiary alicyclic amines) is 1. The summed E-state index contributed by atoms with van der Waals surface area (Å²) in [5.41, 5.74) is 0.602. The number of aromatic nitrogens is 4. The van der Waals surface area contributed by atoms with E-state index in [0.717, 1.165) is 31.8 Å². The fraction of sp³-hybridized carbons (Fsp3) is 0.647. The zero-order valence-electron chi connectivity index (χ0n) is 15.3. The highest BCUT2D eigenvalue weighted by atomic mass is 16.5. The van der Waals surface area contributed by atoms with Gasteiger partial charge in [0.1, 0.15) is 0 Å². The van der Waals surface area contributed by atoms with Crippen molar-refractivity contribution >= 4 is 5.91 Å². The molecule has 0 spiro atoms. The number of carbonyl (C=O) groups is 1. The highest BCUT2D eigenvalue weighted by molar-refractivity contribution is 5.93. The lowest BCUT2D eigenvalue weighted by atomic mass is 10.0. The van der Waals surface area contributed by atoms with Crippen molar-refractivity contribution in [2.75, 3.05) is 13.1 Å². The second-order valence-electron chi connectivity index (χ2n) is 7.01. The Morgan fingerprint density at radius 1 is 1.32 bits per heavy atom. The number of nitrogens with one attached hydrogen (secondary N) is 1. The average Bonchev–Trinajstić information content (AvgIpc) is 3.24. The van der Waals surface area contributed by atoms with E-state index >= 15 is 0 Å². The summed E-state index contributed by atoms with van der Waals surface area (Å²) in [6, 6.07) is 0.278. The summed E-state index contributed by atoms with van der Waals surface area (Å²) in [6.07, 6.45) is 5.13. The van der Waals surface area contributed by atoms with Crippen molar-refractivity contribution in [1.82, 2.24) is 30.1 Å². The molecule has 1 atom stereocenters. The number of carbonyl (C=O) groups excluding carboxylic acids is 1. The number of rotatable bonds is 5. The molecule has 2 aromatic rings. The molecule has 1 aliphatic heterocycles. The van der Waals surface area contributed by atoms with Gasteiger partial charge in [-0.25, -0.2) is 0 Å². The standard InChI is InChI=1S/C17H26N6O2/c1-11(2)15-20-17(25-21-15)12(3)23-7-5-14(6-8-23)19-16(24)13-9-18-22(4)10-13/h9-12,14H,5-8H2,1-4H3,(H,19,24)/t12-/m1/s1. The smallest absolute Gasteiger partial charge is 0.254 e. The van der Waals surface area contributed by atoms with Crippen LogP contribution in [0.4, 0.5) is 0 Å². The summed E-state index contributed by atoms with van der Waals surface area (Å²) in [5.74, 6) is 1.62. The summed E-state index contributed by atoms with van der Waals surface area (Å²) >= 11 is 0. The average molecular weight is 346 g/mol. The van der Waals surface area contributed by atoms with Gasteiger partial charge in [-0.15, -0.1) is 0 Å². The van der Waals surface area contributed by atoms with Crippen LogP contribution in [0.25, 0.3) is 0 Å². The maximum Gasteiger partial charge on any atom is 0.254 e. The summed E-state index contributed by atoms with van der Waals surface area (Å²) in [7, 11) is 1.80. The molecule has 3 rings (SSSR count). The Balaban J connectivity index is 1.51. The van der Waals surface area contributed by atoms with E-state index in [4.69, 9.17) is 4.52 Å². The molecule has 0 saturated carbocycles. The van der Waals surface area contributed by atoms with E-state index < -0.39 is 0 Å². The minimum Gasteiger partial charge on any atom is -0.349 e. The van der Waals surface area contributed by atoms with Crippen molar-refractivity contribution in [3.63, 3.8) is 0 Å². The number of piperidine rings is 1. The topological polar surface area (TPSA) is 89.1 Å². The first kappa shape index (κ1) is 17.6. The lowest BCUT2D eigenvalue weighted by Crippen LogP contribution is -2.45. The zero-order valence-corrected chi connectivity index (χ0v) is 15.3. The van der Waals surface area contributed by atoms with Gasteiger partial charge in [0.25, 0.3) is 5.91 Å². The van der Waals surface area contributed by atoms with Crippen LogP contribution in [0.3, 0.4) is 0 Å². The van der Waals surface area contributed by atoms with Crippen molar-refractivity contribution in [2.24, 2.45) is 7.05 Å². The number of aryl methyl sites for hydroxylation is 1. The van der Waals surface area contributed by atoms with E-state index in [9.17, 15) is 4.79 Å². The number of hydrogen-bond donors (Lipinski definition) is 1.